The number of halogens is 2. The molecule has 184 valence electrons. The molecule has 0 saturated heterocycles. The Kier molecular flexibility index (Phi) is 6.47. The Morgan fingerprint density at radius 2 is 2.11 bits per heavy atom. The molecule has 0 N–H and O–H groups in total. The molecule has 0 saturated carbocycles. The van der Waals surface area contributed by atoms with Gasteiger partial charge >= 0.3 is 0 Å². The number of carbonyl (C=O) groups is 2. The van der Waals surface area contributed by atoms with Crippen molar-refractivity contribution in [2.75, 3.05) is 33.9 Å². The number of pyridine rings is 1. The highest BCUT2D eigenvalue weighted by atomic mass is 35.5. The van der Waals surface area contributed by atoms with Crippen LogP contribution in [0.15, 0.2) is 23.6 Å². The van der Waals surface area contributed by atoms with E-state index in [1.54, 1.807) is 24.4 Å². The average Bonchev–Trinajstić information content (AvgIpc) is 3.45. The minimum absolute atomic E-state index is 0.0165. The van der Waals surface area contributed by atoms with Gasteiger partial charge in [-0.2, -0.15) is 0 Å². The van der Waals surface area contributed by atoms with Gasteiger partial charge in [-0.05, 0) is 23.6 Å². The van der Waals surface area contributed by atoms with E-state index in [9.17, 15) is 14.0 Å². The average molecular weight is 520 g/mol. The molecule has 2 amide bonds. The molecule has 0 bridgehead atoms. The molecule has 5 heterocycles. The highest BCUT2D eigenvalue weighted by molar-refractivity contribution is 7.10. The highest BCUT2D eigenvalue weighted by Gasteiger charge is 2.39. The monoisotopic (exact) mass is 519 g/mol. The number of fused-ring (bicyclic) bond motifs is 3. The summed E-state index contributed by atoms with van der Waals surface area (Å²) in [6, 6.07) is 3.80. The van der Waals surface area contributed by atoms with Crippen molar-refractivity contribution in [3.8, 4) is 5.75 Å². The minimum Gasteiger partial charge on any atom is -0.481 e. The molecule has 3 aromatic heterocycles. The first-order valence-corrected chi connectivity index (χ1v) is 12.3. The van der Waals surface area contributed by atoms with E-state index < -0.39 is 6.04 Å². The summed E-state index contributed by atoms with van der Waals surface area (Å²) < 4.78 is 28.1. The lowest BCUT2D eigenvalue weighted by Gasteiger charge is -2.36. The Hall–Kier alpha value is -3.02. The maximum absolute atomic E-state index is 14.8. The second kappa shape index (κ2) is 9.56. The van der Waals surface area contributed by atoms with Crippen LogP contribution in [0.1, 0.15) is 38.6 Å². The van der Waals surface area contributed by atoms with Gasteiger partial charge in [-0.25, -0.2) is 14.4 Å². The standard InChI is InChI=1S/C23H23ClFN5O4S/c1-28(2)23(32)15-3-4-16(22(24)27-15)34-12-18(31)30-7-5-14-19(20(30)21-13(25)6-10-35-21)29-8-9-33-11-17(29)26-14/h3-4,6,10,20H,5,7-9,11-12H2,1-2H3. The molecule has 2 aliphatic heterocycles. The number of aromatic nitrogens is 3. The number of imidazole rings is 1. The summed E-state index contributed by atoms with van der Waals surface area (Å²) in [5, 5.41) is 1.66. The molecule has 1 unspecified atom stereocenters. The quantitative estimate of drug-likeness (QED) is 0.482. The summed E-state index contributed by atoms with van der Waals surface area (Å²) in [6.45, 7) is 1.58. The van der Waals surface area contributed by atoms with Crippen molar-refractivity contribution in [3.05, 3.63) is 62.3 Å². The van der Waals surface area contributed by atoms with Gasteiger partial charge in [0.1, 0.15) is 30.0 Å². The van der Waals surface area contributed by atoms with Crippen molar-refractivity contribution in [1.29, 1.82) is 0 Å². The minimum atomic E-state index is -0.608. The zero-order valence-electron chi connectivity index (χ0n) is 19.2. The van der Waals surface area contributed by atoms with E-state index in [0.29, 0.717) is 37.6 Å². The molecular weight excluding hydrogens is 497 g/mol. The van der Waals surface area contributed by atoms with Gasteiger partial charge in [0.25, 0.3) is 11.8 Å². The van der Waals surface area contributed by atoms with Crippen LogP contribution >= 0.6 is 22.9 Å². The third-order valence-corrected chi connectivity index (χ3v) is 7.23. The summed E-state index contributed by atoms with van der Waals surface area (Å²) in [4.78, 5) is 37.7. The molecule has 0 radical (unpaired) electrons. The van der Waals surface area contributed by atoms with Gasteiger partial charge in [-0.3, -0.25) is 9.59 Å². The van der Waals surface area contributed by atoms with Gasteiger partial charge in [-0.1, -0.05) is 11.6 Å². The maximum Gasteiger partial charge on any atom is 0.271 e. The molecule has 9 nitrogen and oxygen atoms in total. The number of hydrogen-bond donors (Lipinski definition) is 0. The Bertz CT molecular complexity index is 1290. The Morgan fingerprint density at radius 3 is 2.83 bits per heavy atom. The molecule has 0 aliphatic carbocycles. The van der Waals surface area contributed by atoms with Crippen molar-refractivity contribution >= 4 is 34.8 Å². The normalized spacial score (nSPS) is 17.0. The van der Waals surface area contributed by atoms with Gasteiger partial charge in [0.05, 0.1) is 22.9 Å². The molecular formula is C23H23ClFN5O4S. The van der Waals surface area contributed by atoms with E-state index in [4.69, 9.17) is 26.1 Å². The maximum atomic E-state index is 14.8. The van der Waals surface area contributed by atoms with E-state index >= 15 is 0 Å². The third-order valence-electron chi connectivity index (χ3n) is 6.02. The number of hydrogen-bond acceptors (Lipinski definition) is 7. The first-order chi connectivity index (χ1) is 16.8. The molecule has 3 aromatic rings. The molecule has 0 aromatic carbocycles. The van der Waals surface area contributed by atoms with Crippen LogP contribution in [0.4, 0.5) is 4.39 Å². The van der Waals surface area contributed by atoms with E-state index in [0.717, 1.165) is 17.2 Å². The first kappa shape index (κ1) is 23.7. The van der Waals surface area contributed by atoms with Crippen LogP contribution in [0, 0.1) is 5.82 Å². The van der Waals surface area contributed by atoms with Crippen LogP contribution < -0.4 is 4.74 Å². The fourth-order valence-corrected chi connectivity index (χ4v) is 5.47. The lowest BCUT2D eigenvalue weighted by atomic mass is 10.0. The van der Waals surface area contributed by atoms with E-state index in [1.807, 2.05) is 4.57 Å². The lowest BCUT2D eigenvalue weighted by Crippen LogP contribution is -2.44. The Labute approximate surface area is 210 Å². The van der Waals surface area contributed by atoms with Gasteiger partial charge < -0.3 is 23.8 Å². The Morgan fingerprint density at radius 1 is 1.29 bits per heavy atom. The van der Waals surface area contributed by atoms with Crippen LogP contribution in [0.2, 0.25) is 5.15 Å². The summed E-state index contributed by atoms with van der Waals surface area (Å²) in [5.74, 6) is 0.00174. The molecule has 12 heteroatoms. The largest absolute Gasteiger partial charge is 0.481 e. The number of carbonyl (C=O) groups excluding carboxylic acids is 2. The zero-order chi connectivity index (χ0) is 24.7. The third kappa shape index (κ3) is 4.39. The number of amides is 2. The summed E-state index contributed by atoms with van der Waals surface area (Å²) >= 11 is 7.48. The molecule has 0 fully saturated rings. The summed E-state index contributed by atoms with van der Waals surface area (Å²) in [6.07, 6.45) is 0.550. The van der Waals surface area contributed by atoms with Crippen molar-refractivity contribution in [1.82, 2.24) is 24.3 Å². The van der Waals surface area contributed by atoms with Crippen molar-refractivity contribution < 1.29 is 23.5 Å². The molecule has 5 rings (SSSR count). The smallest absolute Gasteiger partial charge is 0.271 e. The second-order valence-electron chi connectivity index (χ2n) is 8.41. The number of nitrogens with zero attached hydrogens (tertiary/aromatic N) is 5. The highest BCUT2D eigenvalue weighted by Crippen LogP contribution is 2.40. The molecule has 0 spiro atoms. The van der Waals surface area contributed by atoms with E-state index in [2.05, 4.69) is 4.98 Å². The van der Waals surface area contributed by atoms with Crippen molar-refractivity contribution in [2.24, 2.45) is 0 Å². The van der Waals surface area contributed by atoms with Crippen LogP contribution in [-0.2, 0) is 29.1 Å². The van der Waals surface area contributed by atoms with E-state index in [-0.39, 0.29) is 40.8 Å². The van der Waals surface area contributed by atoms with Gasteiger partial charge in [0.2, 0.25) is 0 Å². The zero-order valence-corrected chi connectivity index (χ0v) is 20.7. The van der Waals surface area contributed by atoms with Gasteiger partial charge in [0.15, 0.2) is 17.5 Å². The van der Waals surface area contributed by atoms with Crippen LogP contribution in [0.5, 0.6) is 5.75 Å². The van der Waals surface area contributed by atoms with Crippen molar-refractivity contribution in [3.63, 3.8) is 0 Å². The molecule has 35 heavy (non-hydrogen) atoms. The number of ether oxygens (including phenoxy) is 2. The first-order valence-electron chi connectivity index (χ1n) is 11.0. The topological polar surface area (TPSA) is 89.8 Å². The van der Waals surface area contributed by atoms with Crippen LogP contribution in [0.25, 0.3) is 0 Å². The lowest BCUT2D eigenvalue weighted by molar-refractivity contribution is -0.135. The fourth-order valence-electron chi connectivity index (χ4n) is 4.37. The van der Waals surface area contributed by atoms with Gasteiger partial charge in [-0.15, -0.1) is 11.3 Å². The fraction of sp³-hybridized carbons (Fsp3) is 0.391. The number of thiophene rings is 1. The van der Waals surface area contributed by atoms with Crippen LogP contribution in [-0.4, -0.2) is 70.0 Å². The second-order valence-corrected chi connectivity index (χ2v) is 9.72. The summed E-state index contributed by atoms with van der Waals surface area (Å²) in [5.41, 5.74) is 1.86. The predicted molar refractivity (Wildman–Crippen MR) is 126 cm³/mol. The Balaban J connectivity index is 1.40. The van der Waals surface area contributed by atoms with Gasteiger partial charge in [0, 0.05) is 33.6 Å². The van der Waals surface area contributed by atoms with Crippen LogP contribution in [0.3, 0.4) is 0 Å². The van der Waals surface area contributed by atoms with Crippen molar-refractivity contribution in [2.45, 2.75) is 25.6 Å². The SMILES string of the molecule is CN(C)C(=O)c1ccc(OCC(=O)N2CCc3nc4n(c3C2c2sccc2F)CCOC4)c(Cl)n1. The predicted octanol–water partition coefficient (Wildman–Crippen LogP) is 2.92. The molecule has 1 atom stereocenters. The molecule has 2 aliphatic rings. The summed E-state index contributed by atoms with van der Waals surface area (Å²) in [7, 11) is 3.23. The number of rotatable bonds is 5. The van der Waals surface area contributed by atoms with E-state index in [1.165, 1.54) is 34.4 Å².